The Kier molecular flexibility index (Phi) is 3.41. The summed E-state index contributed by atoms with van der Waals surface area (Å²) in [7, 11) is 3.41. The minimum absolute atomic E-state index is 0.0664. The Bertz CT molecular complexity index is 472. The fourth-order valence-electron chi connectivity index (χ4n) is 1.10. The first kappa shape index (κ1) is 12.1. The van der Waals surface area contributed by atoms with Crippen molar-refractivity contribution in [2.75, 3.05) is 14.2 Å². The minimum Gasteiger partial charge on any atom is -0.495 e. The van der Waals surface area contributed by atoms with Gasteiger partial charge in [-0.15, -0.1) is 0 Å². The molecule has 1 aromatic carbocycles. The normalized spacial score (nSPS) is 11.2. The van der Waals surface area contributed by atoms with Crippen molar-refractivity contribution in [3.05, 3.63) is 17.9 Å². The van der Waals surface area contributed by atoms with E-state index >= 15 is 0 Å². The molecule has 1 rings (SSSR count). The number of halogens is 2. The molecule has 0 aliphatic carbocycles. The standard InChI is InChI=1S/C8H8ClFO4S/c1-13-6-4-3-5(10)7(14-2)8(6)15(9,11)12/h3-4H,1-2H3. The molecule has 0 aliphatic heterocycles. The molecule has 84 valence electrons. The first-order valence-electron chi connectivity index (χ1n) is 3.77. The lowest BCUT2D eigenvalue weighted by Crippen LogP contribution is -2.02. The van der Waals surface area contributed by atoms with Crippen LogP contribution < -0.4 is 9.47 Å². The maximum atomic E-state index is 13.2. The summed E-state index contributed by atoms with van der Waals surface area (Å²) in [5, 5.41) is 0. The Morgan fingerprint density at radius 1 is 1.27 bits per heavy atom. The van der Waals surface area contributed by atoms with Crippen LogP contribution in [0.4, 0.5) is 4.39 Å². The van der Waals surface area contributed by atoms with Gasteiger partial charge < -0.3 is 9.47 Å². The van der Waals surface area contributed by atoms with Gasteiger partial charge in [-0.3, -0.25) is 0 Å². The van der Waals surface area contributed by atoms with Crippen molar-refractivity contribution in [2.24, 2.45) is 0 Å². The zero-order chi connectivity index (χ0) is 11.6. The molecule has 0 aromatic heterocycles. The monoisotopic (exact) mass is 254 g/mol. The van der Waals surface area contributed by atoms with Gasteiger partial charge in [0.2, 0.25) is 0 Å². The Morgan fingerprint density at radius 3 is 2.27 bits per heavy atom. The molecule has 0 N–H and O–H groups in total. The van der Waals surface area contributed by atoms with E-state index in [0.717, 1.165) is 19.2 Å². The number of rotatable bonds is 3. The molecule has 0 saturated heterocycles. The van der Waals surface area contributed by atoms with Crippen LogP contribution >= 0.6 is 10.7 Å². The second-order valence-corrected chi connectivity index (χ2v) is 5.05. The van der Waals surface area contributed by atoms with Crippen LogP contribution in [-0.4, -0.2) is 22.6 Å². The van der Waals surface area contributed by atoms with Crippen molar-refractivity contribution < 1.29 is 22.3 Å². The number of hydrogen-bond donors (Lipinski definition) is 0. The topological polar surface area (TPSA) is 52.6 Å². The molecule has 0 saturated carbocycles. The van der Waals surface area contributed by atoms with Crippen molar-refractivity contribution in [3.63, 3.8) is 0 Å². The van der Waals surface area contributed by atoms with Gasteiger partial charge in [0.15, 0.2) is 16.5 Å². The highest BCUT2D eigenvalue weighted by molar-refractivity contribution is 8.13. The molecule has 1 aromatic rings. The molecule has 0 amide bonds. The van der Waals surface area contributed by atoms with Gasteiger partial charge in [0.25, 0.3) is 9.05 Å². The zero-order valence-electron chi connectivity index (χ0n) is 7.95. The van der Waals surface area contributed by atoms with Crippen molar-refractivity contribution in [1.29, 1.82) is 0 Å². The Balaban J connectivity index is 3.63. The Hall–Kier alpha value is -1.01. The van der Waals surface area contributed by atoms with Crippen LogP contribution in [0.15, 0.2) is 17.0 Å². The third kappa shape index (κ3) is 2.32. The highest BCUT2D eigenvalue weighted by Gasteiger charge is 2.25. The molecule has 0 fully saturated rings. The summed E-state index contributed by atoms with van der Waals surface area (Å²) in [4.78, 5) is -0.505. The van der Waals surface area contributed by atoms with Crippen molar-refractivity contribution in [1.82, 2.24) is 0 Å². The molecule has 7 heteroatoms. The minimum atomic E-state index is -4.13. The number of methoxy groups -OCH3 is 2. The van der Waals surface area contributed by atoms with Crippen LogP contribution in [0.1, 0.15) is 0 Å². The fourth-order valence-corrected chi connectivity index (χ4v) is 2.33. The third-order valence-electron chi connectivity index (χ3n) is 1.70. The highest BCUT2D eigenvalue weighted by Crippen LogP contribution is 2.37. The lowest BCUT2D eigenvalue weighted by molar-refractivity contribution is 0.354. The summed E-state index contributed by atoms with van der Waals surface area (Å²) in [5.41, 5.74) is 0. The summed E-state index contributed by atoms with van der Waals surface area (Å²) >= 11 is 0. The molecule has 0 radical (unpaired) electrons. The quantitative estimate of drug-likeness (QED) is 0.772. The van der Waals surface area contributed by atoms with Crippen LogP contribution in [0, 0.1) is 5.82 Å². The van der Waals surface area contributed by atoms with Crippen molar-refractivity contribution in [2.45, 2.75) is 4.90 Å². The van der Waals surface area contributed by atoms with Crippen molar-refractivity contribution in [3.8, 4) is 11.5 Å². The highest BCUT2D eigenvalue weighted by atomic mass is 35.7. The Morgan fingerprint density at radius 2 is 1.87 bits per heavy atom. The molecular formula is C8H8ClFO4S. The average molecular weight is 255 g/mol. The molecule has 0 unspecified atom stereocenters. The van der Waals surface area contributed by atoms with Gasteiger partial charge in [0, 0.05) is 10.7 Å². The van der Waals surface area contributed by atoms with E-state index in [9.17, 15) is 12.8 Å². The number of benzene rings is 1. The zero-order valence-corrected chi connectivity index (χ0v) is 9.52. The lowest BCUT2D eigenvalue weighted by atomic mass is 10.3. The van der Waals surface area contributed by atoms with Gasteiger partial charge in [-0.2, -0.15) is 0 Å². The first-order valence-corrected chi connectivity index (χ1v) is 6.08. The molecule has 0 bridgehead atoms. The van der Waals surface area contributed by atoms with Gasteiger partial charge in [-0.25, -0.2) is 12.8 Å². The van der Waals surface area contributed by atoms with E-state index in [2.05, 4.69) is 4.74 Å². The summed E-state index contributed by atoms with van der Waals surface area (Å²) in [6.45, 7) is 0. The molecule has 0 heterocycles. The lowest BCUT2D eigenvalue weighted by Gasteiger charge is -2.10. The molecule has 0 atom stereocenters. The van der Waals surface area contributed by atoms with Gasteiger partial charge in [-0.05, 0) is 12.1 Å². The molecule has 15 heavy (non-hydrogen) atoms. The first-order chi connectivity index (χ1) is 6.91. The van der Waals surface area contributed by atoms with E-state index in [1.807, 2.05) is 0 Å². The van der Waals surface area contributed by atoms with E-state index < -0.39 is 25.5 Å². The summed E-state index contributed by atoms with van der Waals surface area (Å²) in [6, 6.07) is 2.19. The molecule has 0 aliphatic rings. The predicted octanol–water partition coefficient (Wildman–Crippen LogP) is 1.77. The average Bonchev–Trinajstić information content (AvgIpc) is 2.15. The maximum absolute atomic E-state index is 13.2. The van der Waals surface area contributed by atoms with Crippen LogP contribution in [0.25, 0.3) is 0 Å². The smallest absolute Gasteiger partial charge is 0.268 e. The maximum Gasteiger partial charge on any atom is 0.268 e. The Labute approximate surface area is 91.0 Å². The van der Waals surface area contributed by atoms with Gasteiger partial charge >= 0.3 is 0 Å². The van der Waals surface area contributed by atoms with Crippen LogP contribution in [0.2, 0.25) is 0 Å². The third-order valence-corrected chi connectivity index (χ3v) is 3.03. The predicted molar refractivity (Wildman–Crippen MR) is 52.5 cm³/mol. The summed E-state index contributed by atoms with van der Waals surface area (Å²) in [6.07, 6.45) is 0. The summed E-state index contributed by atoms with van der Waals surface area (Å²) < 4.78 is 44.9. The van der Waals surface area contributed by atoms with Gasteiger partial charge in [0.1, 0.15) is 5.75 Å². The number of ether oxygens (including phenoxy) is 2. The van der Waals surface area contributed by atoms with E-state index in [1.54, 1.807) is 0 Å². The molecule has 0 spiro atoms. The second-order valence-electron chi connectivity index (χ2n) is 2.55. The van der Waals surface area contributed by atoms with Gasteiger partial charge in [-0.1, -0.05) is 0 Å². The van der Waals surface area contributed by atoms with Crippen molar-refractivity contribution >= 4 is 19.7 Å². The SMILES string of the molecule is COc1ccc(F)c(OC)c1S(=O)(=O)Cl. The fraction of sp³-hybridized carbons (Fsp3) is 0.250. The molecular weight excluding hydrogens is 247 g/mol. The largest absolute Gasteiger partial charge is 0.495 e. The van der Waals surface area contributed by atoms with E-state index in [1.165, 1.54) is 7.11 Å². The van der Waals surface area contributed by atoms with E-state index in [-0.39, 0.29) is 5.75 Å². The van der Waals surface area contributed by atoms with Gasteiger partial charge in [0.05, 0.1) is 14.2 Å². The van der Waals surface area contributed by atoms with Crippen LogP contribution in [0.3, 0.4) is 0 Å². The second kappa shape index (κ2) is 4.24. The summed E-state index contributed by atoms with van der Waals surface area (Å²) in [5.74, 6) is -1.34. The van der Waals surface area contributed by atoms with Crippen LogP contribution in [-0.2, 0) is 9.05 Å². The van der Waals surface area contributed by atoms with Crippen LogP contribution in [0.5, 0.6) is 11.5 Å². The van der Waals surface area contributed by atoms with E-state index in [4.69, 9.17) is 15.4 Å². The molecule has 4 nitrogen and oxygen atoms in total. The number of hydrogen-bond acceptors (Lipinski definition) is 4. The van der Waals surface area contributed by atoms with E-state index in [0.29, 0.717) is 0 Å².